The first-order chi connectivity index (χ1) is 8.45. The van der Waals surface area contributed by atoms with Crippen molar-refractivity contribution in [2.45, 2.75) is 18.4 Å². The molecule has 1 aromatic carbocycles. The molecule has 1 spiro atoms. The number of hydrogen-bond donors (Lipinski definition) is 2. The number of carbonyl (C=O) groups is 2. The average molecular weight is 266 g/mol. The number of imide groups is 1. The largest absolute Gasteiger partial charge is 0.398 e. The minimum atomic E-state index is -0.836. The molecule has 0 radical (unpaired) electrons. The second-order valence-corrected chi connectivity index (χ2v) is 5.19. The molecule has 0 unspecified atom stereocenters. The average Bonchev–Trinajstić information content (AvgIpc) is 2.82. The van der Waals surface area contributed by atoms with Crippen LogP contribution in [-0.4, -0.2) is 29.4 Å². The van der Waals surface area contributed by atoms with Crippen molar-refractivity contribution >= 4 is 29.2 Å². The lowest BCUT2D eigenvalue weighted by atomic mass is 9.95. The van der Waals surface area contributed by atoms with Crippen LogP contribution in [-0.2, 0) is 17.6 Å². The van der Waals surface area contributed by atoms with E-state index in [0.29, 0.717) is 23.6 Å². The lowest BCUT2D eigenvalue weighted by Crippen LogP contribution is -2.48. The molecular formula is C12H12ClN3O2. The molecule has 0 bridgehead atoms. The summed E-state index contributed by atoms with van der Waals surface area (Å²) in [4.78, 5) is 25.1. The number of halogens is 1. The molecular weight excluding hydrogens is 254 g/mol. The summed E-state index contributed by atoms with van der Waals surface area (Å²) < 4.78 is 0. The van der Waals surface area contributed by atoms with Crippen LogP contribution >= 0.6 is 11.6 Å². The molecule has 1 heterocycles. The van der Waals surface area contributed by atoms with E-state index in [4.69, 9.17) is 17.3 Å². The Bertz CT molecular complexity index is 587. The second-order valence-electron chi connectivity index (χ2n) is 4.81. The molecule has 1 saturated heterocycles. The smallest absolute Gasteiger partial charge is 0.324 e. The first-order valence-corrected chi connectivity index (χ1v) is 5.98. The molecule has 1 atom stereocenters. The molecule has 1 fully saturated rings. The van der Waals surface area contributed by atoms with Crippen molar-refractivity contribution in [2.75, 3.05) is 12.8 Å². The normalized spacial score (nSPS) is 25.8. The quantitative estimate of drug-likeness (QED) is 0.541. The van der Waals surface area contributed by atoms with Gasteiger partial charge in [0.2, 0.25) is 0 Å². The van der Waals surface area contributed by atoms with E-state index in [0.717, 1.165) is 11.1 Å². The number of hydrogen-bond acceptors (Lipinski definition) is 3. The fourth-order valence-corrected chi connectivity index (χ4v) is 3.00. The van der Waals surface area contributed by atoms with Crippen molar-refractivity contribution in [1.29, 1.82) is 0 Å². The van der Waals surface area contributed by atoms with E-state index in [1.807, 2.05) is 6.07 Å². The summed E-state index contributed by atoms with van der Waals surface area (Å²) in [7, 11) is 1.63. The van der Waals surface area contributed by atoms with Crippen LogP contribution in [0.15, 0.2) is 12.1 Å². The molecule has 3 rings (SSSR count). The zero-order chi connectivity index (χ0) is 13.1. The van der Waals surface area contributed by atoms with Gasteiger partial charge in [-0.2, -0.15) is 0 Å². The highest BCUT2D eigenvalue weighted by Gasteiger charge is 2.54. The first kappa shape index (κ1) is 11.3. The number of urea groups is 1. The molecule has 1 aliphatic carbocycles. The molecule has 1 aliphatic heterocycles. The van der Waals surface area contributed by atoms with Crippen molar-refractivity contribution in [3.63, 3.8) is 0 Å². The number of likely N-dealkylation sites (N-methyl/N-ethyl adjacent to an activating group) is 1. The standard InChI is InChI=1S/C12H12ClN3O2/c1-16-11(18)15-10(17)12(16)4-6-2-3-8(14)9(13)7(6)5-12/h2-3H,4-5,14H2,1H3,(H,15,17,18)/t12-/m1/s1. The Labute approximate surface area is 109 Å². The molecule has 94 valence electrons. The van der Waals surface area contributed by atoms with E-state index >= 15 is 0 Å². The Morgan fingerprint density at radius 2 is 2.11 bits per heavy atom. The van der Waals surface area contributed by atoms with Gasteiger partial charge in [-0.1, -0.05) is 17.7 Å². The Kier molecular flexibility index (Phi) is 2.13. The predicted molar refractivity (Wildman–Crippen MR) is 67.3 cm³/mol. The van der Waals surface area contributed by atoms with Gasteiger partial charge in [0, 0.05) is 19.9 Å². The van der Waals surface area contributed by atoms with E-state index in [2.05, 4.69) is 5.32 Å². The third-order valence-corrected chi connectivity index (χ3v) is 4.36. The fraction of sp³-hybridized carbons (Fsp3) is 0.333. The van der Waals surface area contributed by atoms with E-state index in [9.17, 15) is 9.59 Å². The van der Waals surface area contributed by atoms with Crippen LogP contribution in [0.2, 0.25) is 5.02 Å². The van der Waals surface area contributed by atoms with Crippen LogP contribution in [0.1, 0.15) is 11.1 Å². The second kappa shape index (κ2) is 3.38. The maximum absolute atomic E-state index is 12.0. The molecule has 5 nitrogen and oxygen atoms in total. The zero-order valence-electron chi connectivity index (χ0n) is 9.79. The van der Waals surface area contributed by atoms with Gasteiger partial charge in [0.25, 0.3) is 5.91 Å². The van der Waals surface area contributed by atoms with Crippen molar-refractivity contribution < 1.29 is 9.59 Å². The first-order valence-electron chi connectivity index (χ1n) is 5.61. The molecule has 18 heavy (non-hydrogen) atoms. The Morgan fingerprint density at radius 1 is 1.39 bits per heavy atom. The highest BCUT2D eigenvalue weighted by atomic mass is 35.5. The van der Waals surface area contributed by atoms with Gasteiger partial charge in [0.1, 0.15) is 5.54 Å². The summed E-state index contributed by atoms with van der Waals surface area (Å²) in [5.74, 6) is -0.263. The lowest BCUT2D eigenvalue weighted by molar-refractivity contribution is -0.125. The van der Waals surface area contributed by atoms with Crippen molar-refractivity contribution in [3.8, 4) is 0 Å². The van der Waals surface area contributed by atoms with E-state index in [-0.39, 0.29) is 11.9 Å². The van der Waals surface area contributed by atoms with Gasteiger partial charge in [-0.15, -0.1) is 0 Å². The van der Waals surface area contributed by atoms with Gasteiger partial charge >= 0.3 is 6.03 Å². The number of carbonyl (C=O) groups excluding carboxylic acids is 2. The Hall–Kier alpha value is -1.75. The molecule has 0 aromatic heterocycles. The summed E-state index contributed by atoms with van der Waals surface area (Å²) in [6.45, 7) is 0. The van der Waals surface area contributed by atoms with E-state index < -0.39 is 5.54 Å². The maximum atomic E-state index is 12.0. The number of nitrogens with zero attached hydrogens (tertiary/aromatic N) is 1. The van der Waals surface area contributed by atoms with Crippen molar-refractivity contribution in [2.24, 2.45) is 0 Å². The Morgan fingerprint density at radius 3 is 2.72 bits per heavy atom. The third kappa shape index (κ3) is 1.22. The van der Waals surface area contributed by atoms with Crippen LogP contribution < -0.4 is 11.1 Å². The van der Waals surface area contributed by atoms with Crippen molar-refractivity contribution in [1.82, 2.24) is 10.2 Å². The number of benzene rings is 1. The highest BCUT2D eigenvalue weighted by Crippen LogP contribution is 2.41. The number of nitrogens with one attached hydrogen (secondary N) is 1. The number of nitrogens with two attached hydrogens (primary N) is 1. The van der Waals surface area contributed by atoms with Gasteiger partial charge in [0.15, 0.2) is 0 Å². The minimum Gasteiger partial charge on any atom is -0.398 e. The molecule has 2 aliphatic rings. The number of anilines is 1. The van der Waals surface area contributed by atoms with Crippen LogP contribution in [0, 0.1) is 0 Å². The summed E-state index contributed by atoms with van der Waals surface area (Å²) in [5.41, 5.74) is 7.27. The summed E-state index contributed by atoms with van der Waals surface area (Å²) in [6.07, 6.45) is 0.899. The molecule has 1 aromatic rings. The minimum absolute atomic E-state index is 0.263. The summed E-state index contributed by atoms with van der Waals surface area (Å²) in [5, 5.41) is 2.83. The lowest BCUT2D eigenvalue weighted by Gasteiger charge is -2.27. The Balaban J connectivity index is 2.10. The van der Waals surface area contributed by atoms with Crippen LogP contribution in [0.4, 0.5) is 10.5 Å². The predicted octanol–water partition coefficient (Wildman–Crippen LogP) is 0.941. The number of rotatable bonds is 0. The van der Waals surface area contributed by atoms with E-state index in [1.165, 1.54) is 4.90 Å². The number of amides is 3. The van der Waals surface area contributed by atoms with Gasteiger partial charge in [-0.05, 0) is 17.2 Å². The number of nitrogen functional groups attached to an aromatic ring is 1. The molecule has 0 saturated carbocycles. The summed E-state index contributed by atoms with van der Waals surface area (Å²) in [6, 6.07) is 3.24. The van der Waals surface area contributed by atoms with Gasteiger partial charge in [0.05, 0.1) is 10.7 Å². The van der Waals surface area contributed by atoms with Crippen LogP contribution in [0.3, 0.4) is 0 Å². The topological polar surface area (TPSA) is 75.4 Å². The van der Waals surface area contributed by atoms with Crippen molar-refractivity contribution in [3.05, 3.63) is 28.3 Å². The number of fused-ring (bicyclic) bond motifs is 1. The molecule has 3 amide bonds. The SMILES string of the molecule is CN1C(=O)NC(=O)[C@]12Cc1ccc(N)c(Cl)c1C2. The monoisotopic (exact) mass is 265 g/mol. The fourth-order valence-electron chi connectivity index (χ4n) is 2.75. The van der Waals surface area contributed by atoms with E-state index in [1.54, 1.807) is 13.1 Å². The van der Waals surface area contributed by atoms with Crippen LogP contribution in [0.5, 0.6) is 0 Å². The summed E-state index contributed by atoms with van der Waals surface area (Å²) >= 11 is 6.17. The molecule has 6 heteroatoms. The van der Waals surface area contributed by atoms with Crippen LogP contribution in [0.25, 0.3) is 0 Å². The third-order valence-electron chi connectivity index (χ3n) is 3.91. The molecule has 3 N–H and O–H groups in total. The highest BCUT2D eigenvalue weighted by molar-refractivity contribution is 6.34. The van der Waals surface area contributed by atoms with Gasteiger partial charge in [-0.25, -0.2) is 4.79 Å². The maximum Gasteiger partial charge on any atom is 0.324 e. The van der Waals surface area contributed by atoms with Gasteiger partial charge < -0.3 is 10.6 Å². The van der Waals surface area contributed by atoms with Gasteiger partial charge in [-0.3, -0.25) is 10.1 Å². The zero-order valence-corrected chi connectivity index (χ0v) is 10.5.